The van der Waals surface area contributed by atoms with Gasteiger partial charge in [0, 0.05) is 53.8 Å². The van der Waals surface area contributed by atoms with Crippen molar-refractivity contribution in [3.8, 4) is 11.1 Å². The smallest absolute Gasteiger partial charge is 0.289 e. The topological polar surface area (TPSA) is 96.0 Å². The summed E-state index contributed by atoms with van der Waals surface area (Å²) in [5.41, 5.74) is 3.87. The van der Waals surface area contributed by atoms with Crippen molar-refractivity contribution in [2.24, 2.45) is 0 Å². The first kappa shape index (κ1) is 21.0. The fourth-order valence-corrected chi connectivity index (χ4v) is 3.98. The second-order valence-corrected chi connectivity index (χ2v) is 7.90. The van der Waals surface area contributed by atoms with Gasteiger partial charge in [-0.3, -0.25) is 4.79 Å². The van der Waals surface area contributed by atoms with Gasteiger partial charge in [-0.2, -0.15) is 0 Å². The summed E-state index contributed by atoms with van der Waals surface area (Å²) in [7, 11) is 0. The second kappa shape index (κ2) is 8.95. The minimum atomic E-state index is -0.514. The van der Waals surface area contributed by atoms with E-state index in [1.54, 1.807) is 37.5 Å². The average Bonchev–Trinajstić information content (AvgIpc) is 3.28. The summed E-state index contributed by atoms with van der Waals surface area (Å²) in [4.78, 5) is 31.0. The van der Waals surface area contributed by atoms with Crippen LogP contribution in [0.4, 0.5) is 10.1 Å². The zero-order valence-corrected chi connectivity index (χ0v) is 18.1. The molecular weight excluding hydrogens is 423 g/mol. The molecule has 1 amide bonds. The number of halogens is 1. The first-order chi connectivity index (χ1) is 16.1. The third-order valence-electron chi connectivity index (χ3n) is 5.78. The predicted molar refractivity (Wildman–Crippen MR) is 122 cm³/mol. The molecular formula is C24H23FN6O2. The van der Waals surface area contributed by atoms with Gasteiger partial charge in [-0.05, 0) is 19.1 Å². The largest absolute Gasteiger partial charge is 0.378 e. The van der Waals surface area contributed by atoms with Crippen LogP contribution in [0, 0.1) is 5.82 Å². The lowest BCUT2D eigenvalue weighted by Crippen LogP contribution is -2.36. The molecule has 33 heavy (non-hydrogen) atoms. The van der Waals surface area contributed by atoms with Crippen LogP contribution in [0.1, 0.15) is 29.1 Å². The number of ether oxygens (including phenoxy) is 1. The number of H-pyrrole nitrogens is 1. The van der Waals surface area contributed by atoms with Crippen LogP contribution in [-0.4, -0.2) is 52.1 Å². The molecule has 1 aliphatic rings. The molecule has 5 rings (SSSR count). The Bertz CT molecular complexity index is 1280. The van der Waals surface area contributed by atoms with Gasteiger partial charge < -0.3 is 19.9 Å². The van der Waals surface area contributed by atoms with Gasteiger partial charge in [-0.1, -0.05) is 18.2 Å². The normalized spacial score (nSPS) is 14.9. The zero-order valence-electron chi connectivity index (χ0n) is 18.1. The zero-order chi connectivity index (χ0) is 22.8. The number of pyridine rings is 1. The number of nitrogens with zero attached hydrogens (tertiary/aromatic N) is 4. The maximum atomic E-state index is 14.0. The second-order valence-electron chi connectivity index (χ2n) is 7.90. The van der Waals surface area contributed by atoms with Crippen molar-refractivity contribution in [1.82, 2.24) is 25.3 Å². The van der Waals surface area contributed by atoms with Crippen LogP contribution in [-0.2, 0) is 4.74 Å². The minimum Gasteiger partial charge on any atom is -0.378 e. The number of anilines is 1. The lowest BCUT2D eigenvalue weighted by Gasteiger charge is -2.28. The van der Waals surface area contributed by atoms with Crippen molar-refractivity contribution >= 4 is 22.6 Å². The molecule has 1 fully saturated rings. The molecule has 1 saturated heterocycles. The predicted octanol–water partition coefficient (Wildman–Crippen LogP) is 3.49. The van der Waals surface area contributed by atoms with Gasteiger partial charge in [0.1, 0.15) is 11.5 Å². The summed E-state index contributed by atoms with van der Waals surface area (Å²) in [5, 5.41) is 3.70. The van der Waals surface area contributed by atoms with E-state index in [2.05, 4.69) is 36.2 Å². The van der Waals surface area contributed by atoms with E-state index in [1.165, 1.54) is 6.07 Å². The van der Waals surface area contributed by atoms with Gasteiger partial charge >= 0.3 is 0 Å². The van der Waals surface area contributed by atoms with E-state index in [9.17, 15) is 9.18 Å². The summed E-state index contributed by atoms with van der Waals surface area (Å²) >= 11 is 0. The minimum absolute atomic E-state index is 0.0221. The van der Waals surface area contributed by atoms with Crippen LogP contribution in [0.15, 0.2) is 55.1 Å². The molecule has 4 aromatic rings. The van der Waals surface area contributed by atoms with Crippen LogP contribution in [0.25, 0.3) is 22.2 Å². The highest BCUT2D eigenvalue weighted by atomic mass is 19.1. The summed E-state index contributed by atoms with van der Waals surface area (Å²) in [6.45, 7) is 4.77. The maximum absolute atomic E-state index is 14.0. The van der Waals surface area contributed by atoms with Crippen LogP contribution in [0.2, 0.25) is 0 Å². The number of fused-ring (bicyclic) bond motifs is 1. The summed E-state index contributed by atoms with van der Waals surface area (Å²) in [6.07, 6.45) is 6.94. The number of benzene rings is 1. The van der Waals surface area contributed by atoms with Crippen LogP contribution in [0.3, 0.4) is 0 Å². The van der Waals surface area contributed by atoms with E-state index in [-0.39, 0.29) is 11.6 Å². The van der Waals surface area contributed by atoms with E-state index in [0.29, 0.717) is 18.8 Å². The molecule has 1 atom stereocenters. The number of aromatic nitrogens is 4. The van der Waals surface area contributed by atoms with Crippen molar-refractivity contribution in [3.63, 3.8) is 0 Å². The average molecular weight is 446 g/mol. The number of carbonyl (C=O) groups is 1. The lowest BCUT2D eigenvalue weighted by molar-refractivity contribution is 0.0929. The highest BCUT2D eigenvalue weighted by Gasteiger charge is 2.18. The third kappa shape index (κ3) is 4.27. The fraction of sp³-hybridized carbons (Fsp3) is 0.250. The molecule has 0 aliphatic carbocycles. The molecule has 8 nitrogen and oxygen atoms in total. The van der Waals surface area contributed by atoms with E-state index in [4.69, 9.17) is 4.74 Å². The van der Waals surface area contributed by atoms with Gasteiger partial charge in [-0.15, -0.1) is 0 Å². The standard InChI is InChI=1S/C24H23FN6O2/c1-15(18-4-2-3-5-21(18)25)30-24(32)23-26-11-16(12-27-23)20-14-29-22-19(20)10-17(13-28-22)31-6-8-33-9-7-31/h2-5,10-15H,6-9H2,1H3,(H,28,29)(H,30,32)/t15-/m0/s1. The molecule has 3 aromatic heterocycles. The van der Waals surface area contributed by atoms with Gasteiger partial charge in [0.2, 0.25) is 5.82 Å². The number of hydrogen-bond acceptors (Lipinski definition) is 6. The number of carbonyl (C=O) groups excluding carboxylic acids is 1. The monoisotopic (exact) mass is 446 g/mol. The van der Waals surface area contributed by atoms with Crippen LogP contribution < -0.4 is 10.2 Å². The third-order valence-corrected chi connectivity index (χ3v) is 5.78. The van der Waals surface area contributed by atoms with Crippen LogP contribution >= 0.6 is 0 Å². The van der Waals surface area contributed by atoms with Crippen molar-refractivity contribution in [3.05, 3.63) is 72.3 Å². The Balaban J connectivity index is 1.35. The molecule has 1 aliphatic heterocycles. The van der Waals surface area contributed by atoms with Gasteiger partial charge in [0.05, 0.1) is 31.1 Å². The Kier molecular flexibility index (Phi) is 5.70. The highest BCUT2D eigenvalue weighted by Crippen LogP contribution is 2.30. The molecule has 0 saturated carbocycles. The van der Waals surface area contributed by atoms with E-state index >= 15 is 0 Å². The Morgan fingerprint density at radius 1 is 1.15 bits per heavy atom. The molecule has 168 valence electrons. The fourth-order valence-electron chi connectivity index (χ4n) is 3.98. The Morgan fingerprint density at radius 3 is 2.67 bits per heavy atom. The summed E-state index contributed by atoms with van der Waals surface area (Å²) < 4.78 is 19.4. The Labute approximate surface area is 189 Å². The molecule has 1 aromatic carbocycles. The molecule has 0 bridgehead atoms. The number of nitrogens with one attached hydrogen (secondary N) is 2. The molecule has 0 unspecified atom stereocenters. The number of hydrogen-bond donors (Lipinski definition) is 2. The Hall–Kier alpha value is -3.85. The lowest BCUT2D eigenvalue weighted by atomic mass is 10.1. The van der Waals surface area contributed by atoms with Crippen molar-refractivity contribution < 1.29 is 13.9 Å². The van der Waals surface area contributed by atoms with Crippen molar-refractivity contribution in [2.45, 2.75) is 13.0 Å². The first-order valence-corrected chi connectivity index (χ1v) is 10.8. The molecule has 9 heteroatoms. The van der Waals surface area contributed by atoms with Gasteiger partial charge in [0.25, 0.3) is 5.91 Å². The number of amides is 1. The Morgan fingerprint density at radius 2 is 1.91 bits per heavy atom. The van der Waals surface area contributed by atoms with Gasteiger partial charge in [-0.25, -0.2) is 19.3 Å². The number of rotatable bonds is 5. The highest BCUT2D eigenvalue weighted by molar-refractivity contribution is 5.95. The molecule has 2 N–H and O–H groups in total. The molecule has 0 spiro atoms. The van der Waals surface area contributed by atoms with E-state index in [0.717, 1.165) is 40.9 Å². The van der Waals surface area contributed by atoms with Crippen LogP contribution in [0.5, 0.6) is 0 Å². The first-order valence-electron chi connectivity index (χ1n) is 10.8. The van der Waals surface area contributed by atoms with E-state index in [1.807, 2.05) is 12.4 Å². The van der Waals surface area contributed by atoms with Crippen molar-refractivity contribution in [2.75, 3.05) is 31.2 Å². The SMILES string of the molecule is C[C@H](NC(=O)c1ncc(-c2c[nH]c3ncc(N4CCOCC4)cc23)cn1)c1ccccc1F. The van der Waals surface area contributed by atoms with E-state index < -0.39 is 11.9 Å². The van der Waals surface area contributed by atoms with Gasteiger partial charge in [0.15, 0.2) is 0 Å². The molecule has 0 radical (unpaired) electrons. The number of aromatic amines is 1. The molecule has 4 heterocycles. The number of morpholine rings is 1. The summed E-state index contributed by atoms with van der Waals surface area (Å²) in [6, 6.07) is 7.92. The summed E-state index contributed by atoms with van der Waals surface area (Å²) in [5.74, 6) is -0.813. The van der Waals surface area contributed by atoms with Crippen molar-refractivity contribution in [1.29, 1.82) is 0 Å². The quantitative estimate of drug-likeness (QED) is 0.487. The maximum Gasteiger partial charge on any atom is 0.289 e.